The third-order valence-corrected chi connectivity index (χ3v) is 2.53. The first-order chi connectivity index (χ1) is 5.22. The van der Waals surface area contributed by atoms with Gasteiger partial charge in [-0.1, -0.05) is 5.16 Å². The van der Waals surface area contributed by atoms with Gasteiger partial charge in [0, 0.05) is 6.92 Å². The highest BCUT2D eigenvalue weighted by Crippen LogP contribution is 2.37. The van der Waals surface area contributed by atoms with Crippen LogP contribution in [0.5, 0.6) is 0 Å². The molecule has 2 atom stereocenters. The monoisotopic (exact) mass is 155 g/mol. The molecule has 11 heavy (non-hydrogen) atoms. The molecule has 2 heterocycles. The smallest absolute Gasteiger partial charge is 0.242 e. The normalized spacial score (nSPS) is 42.7. The van der Waals surface area contributed by atoms with E-state index in [1.54, 1.807) is 0 Å². The molecule has 3 nitrogen and oxygen atoms in total. The highest BCUT2D eigenvalue weighted by molar-refractivity contribution is 5.85. The van der Waals surface area contributed by atoms with Crippen molar-refractivity contribution in [1.82, 2.24) is 0 Å². The predicted molar refractivity (Wildman–Crippen MR) is 41.3 cm³/mol. The Bertz CT molecular complexity index is 202. The van der Waals surface area contributed by atoms with Gasteiger partial charge in [0.2, 0.25) is 5.79 Å². The third kappa shape index (κ3) is 0.948. The Morgan fingerprint density at radius 3 is 3.18 bits per heavy atom. The molecule has 2 aliphatic rings. The molecule has 0 aromatic carbocycles. The third-order valence-electron chi connectivity index (χ3n) is 2.53. The average Bonchev–Trinajstić information content (AvgIpc) is 2.29. The van der Waals surface area contributed by atoms with Gasteiger partial charge in [0.1, 0.15) is 0 Å². The van der Waals surface area contributed by atoms with Gasteiger partial charge in [-0.05, 0) is 19.8 Å². The van der Waals surface area contributed by atoms with Crippen LogP contribution >= 0.6 is 0 Å². The van der Waals surface area contributed by atoms with Gasteiger partial charge < -0.3 is 9.57 Å². The molecule has 3 heteroatoms. The van der Waals surface area contributed by atoms with Gasteiger partial charge in [-0.3, -0.25) is 0 Å². The van der Waals surface area contributed by atoms with Gasteiger partial charge >= 0.3 is 0 Å². The van der Waals surface area contributed by atoms with E-state index in [4.69, 9.17) is 9.57 Å². The molecule has 0 amide bonds. The topological polar surface area (TPSA) is 30.8 Å². The quantitative estimate of drug-likeness (QED) is 0.531. The molecule has 0 spiro atoms. The molecule has 0 aliphatic carbocycles. The lowest BCUT2D eigenvalue weighted by atomic mass is 9.89. The summed E-state index contributed by atoms with van der Waals surface area (Å²) in [5.74, 6) is -0.0567. The molecule has 1 fully saturated rings. The summed E-state index contributed by atoms with van der Waals surface area (Å²) in [6, 6.07) is 0. The van der Waals surface area contributed by atoms with Crippen LogP contribution in [0, 0.1) is 5.92 Å². The molecule has 0 aromatic rings. The summed E-state index contributed by atoms with van der Waals surface area (Å²) in [7, 11) is 0. The number of hydrogen-bond donors (Lipinski definition) is 0. The van der Waals surface area contributed by atoms with Gasteiger partial charge in [-0.15, -0.1) is 0 Å². The average molecular weight is 155 g/mol. The Morgan fingerprint density at radius 1 is 1.64 bits per heavy atom. The minimum Gasteiger partial charge on any atom is -0.360 e. The second-order valence-corrected chi connectivity index (χ2v) is 3.38. The van der Waals surface area contributed by atoms with Crippen LogP contribution in [-0.4, -0.2) is 18.1 Å². The van der Waals surface area contributed by atoms with E-state index in [2.05, 4.69) is 5.16 Å². The van der Waals surface area contributed by atoms with E-state index >= 15 is 0 Å². The van der Waals surface area contributed by atoms with Crippen molar-refractivity contribution in [3.05, 3.63) is 0 Å². The molecule has 1 unspecified atom stereocenters. The lowest BCUT2D eigenvalue weighted by Gasteiger charge is -2.33. The largest absolute Gasteiger partial charge is 0.360 e. The Kier molecular flexibility index (Phi) is 1.42. The lowest BCUT2D eigenvalue weighted by molar-refractivity contribution is -0.246. The number of nitrogens with zero attached hydrogens (tertiary/aromatic N) is 1. The fraction of sp³-hybridized carbons (Fsp3) is 0.875. The second kappa shape index (κ2) is 2.21. The van der Waals surface area contributed by atoms with Gasteiger partial charge in [0.05, 0.1) is 18.2 Å². The molecular weight excluding hydrogens is 142 g/mol. The van der Waals surface area contributed by atoms with Gasteiger partial charge in [0.25, 0.3) is 0 Å². The molecular formula is C8H13NO2. The summed E-state index contributed by atoms with van der Waals surface area (Å²) < 4.78 is 5.52. The van der Waals surface area contributed by atoms with Crippen molar-refractivity contribution in [1.29, 1.82) is 0 Å². The molecule has 2 rings (SSSR count). The summed E-state index contributed by atoms with van der Waals surface area (Å²) in [6.07, 6.45) is 2.27. The van der Waals surface area contributed by atoms with Crippen LogP contribution in [0.4, 0.5) is 0 Å². The molecule has 0 radical (unpaired) electrons. The van der Waals surface area contributed by atoms with Crippen molar-refractivity contribution in [2.24, 2.45) is 11.1 Å². The second-order valence-electron chi connectivity index (χ2n) is 3.38. The number of fused-ring (bicyclic) bond motifs is 1. The van der Waals surface area contributed by atoms with Crippen LogP contribution in [0.2, 0.25) is 0 Å². The first kappa shape index (κ1) is 7.10. The fourth-order valence-electron chi connectivity index (χ4n) is 1.83. The van der Waals surface area contributed by atoms with E-state index < -0.39 is 5.79 Å². The fourth-order valence-corrected chi connectivity index (χ4v) is 1.83. The number of rotatable bonds is 0. The van der Waals surface area contributed by atoms with Crippen molar-refractivity contribution in [3.8, 4) is 0 Å². The zero-order chi connectivity index (χ0) is 7.90. The van der Waals surface area contributed by atoms with Gasteiger partial charge in [-0.2, -0.15) is 0 Å². The Hall–Kier alpha value is -0.570. The molecule has 2 aliphatic heterocycles. The molecule has 0 bridgehead atoms. The van der Waals surface area contributed by atoms with Crippen molar-refractivity contribution in [3.63, 3.8) is 0 Å². The maximum atomic E-state index is 5.52. The maximum Gasteiger partial charge on any atom is 0.242 e. The number of hydrogen-bond acceptors (Lipinski definition) is 3. The zero-order valence-corrected chi connectivity index (χ0v) is 6.96. The lowest BCUT2D eigenvalue weighted by Crippen LogP contribution is -2.41. The van der Waals surface area contributed by atoms with Crippen LogP contribution < -0.4 is 0 Å². The highest BCUT2D eigenvalue weighted by atomic mass is 16.8. The highest BCUT2D eigenvalue weighted by Gasteiger charge is 2.46. The molecule has 1 saturated heterocycles. The van der Waals surface area contributed by atoms with E-state index in [1.165, 1.54) is 0 Å². The summed E-state index contributed by atoms with van der Waals surface area (Å²) in [4.78, 5) is 5.22. The Labute approximate surface area is 66.4 Å². The van der Waals surface area contributed by atoms with Crippen molar-refractivity contribution in [2.45, 2.75) is 32.5 Å². The molecule has 0 aromatic heterocycles. The van der Waals surface area contributed by atoms with Crippen LogP contribution in [-0.2, 0) is 9.57 Å². The SMILES string of the molecule is CC1=NO[C@]2(C)OCCCC12. The Morgan fingerprint density at radius 2 is 2.45 bits per heavy atom. The first-order valence-corrected chi connectivity index (χ1v) is 4.09. The summed E-state index contributed by atoms with van der Waals surface area (Å²) in [5.41, 5.74) is 1.08. The standard InChI is InChI=1S/C8H13NO2/c1-6-7-4-3-5-10-8(7,2)11-9-6/h7H,3-5H2,1-2H3/t7?,8-/m0/s1. The van der Waals surface area contributed by atoms with Crippen molar-refractivity contribution >= 4 is 5.71 Å². The van der Waals surface area contributed by atoms with Crippen molar-refractivity contribution in [2.75, 3.05) is 6.61 Å². The predicted octanol–water partition coefficient (Wildman–Crippen LogP) is 1.54. The number of ether oxygens (including phenoxy) is 1. The van der Waals surface area contributed by atoms with E-state index in [0.29, 0.717) is 5.92 Å². The minimum absolute atomic E-state index is 0.385. The molecule has 62 valence electrons. The van der Waals surface area contributed by atoms with E-state index in [1.807, 2.05) is 13.8 Å². The van der Waals surface area contributed by atoms with Gasteiger partial charge in [0.15, 0.2) is 0 Å². The number of oxime groups is 1. The molecule has 0 saturated carbocycles. The van der Waals surface area contributed by atoms with Crippen LogP contribution in [0.15, 0.2) is 5.16 Å². The summed E-state index contributed by atoms with van der Waals surface area (Å²) >= 11 is 0. The van der Waals surface area contributed by atoms with Gasteiger partial charge in [-0.25, -0.2) is 0 Å². The van der Waals surface area contributed by atoms with Crippen LogP contribution in [0.3, 0.4) is 0 Å². The Balaban J connectivity index is 2.20. The molecule has 0 N–H and O–H groups in total. The van der Waals surface area contributed by atoms with Crippen molar-refractivity contribution < 1.29 is 9.57 Å². The minimum atomic E-state index is -0.442. The van der Waals surface area contributed by atoms with E-state index in [9.17, 15) is 0 Å². The van der Waals surface area contributed by atoms with Crippen LogP contribution in [0.25, 0.3) is 0 Å². The van der Waals surface area contributed by atoms with E-state index in [-0.39, 0.29) is 0 Å². The summed E-state index contributed by atoms with van der Waals surface area (Å²) in [5, 5.41) is 3.94. The van der Waals surface area contributed by atoms with Crippen LogP contribution in [0.1, 0.15) is 26.7 Å². The maximum absolute atomic E-state index is 5.52. The van der Waals surface area contributed by atoms with E-state index in [0.717, 1.165) is 25.2 Å². The zero-order valence-electron chi connectivity index (χ0n) is 6.96. The first-order valence-electron chi connectivity index (χ1n) is 4.09. The summed E-state index contributed by atoms with van der Waals surface area (Å²) in [6.45, 7) is 4.78.